The van der Waals surface area contributed by atoms with E-state index in [1.165, 1.54) is 17.0 Å². The van der Waals surface area contributed by atoms with Crippen molar-refractivity contribution in [3.05, 3.63) is 59.9 Å². The van der Waals surface area contributed by atoms with E-state index in [2.05, 4.69) is 10.3 Å². The number of ether oxygens (including phenoxy) is 2. The van der Waals surface area contributed by atoms with Gasteiger partial charge in [0.25, 0.3) is 0 Å². The Labute approximate surface area is 260 Å². The first-order valence-electron chi connectivity index (χ1n) is 15.1. The molecule has 3 aromatic rings. The smallest absolute Gasteiger partial charge is 0.330 e. The quantitative estimate of drug-likeness (QED) is 0.405. The Balaban J connectivity index is 1.35. The predicted molar refractivity (Wildman–Crippen MR) is 163 cm³/mol. The molecule has 45 heavy (non-hydrogen) atoms. The number of hydrogen-bond acceptors (Lipinski definition) is 7. The summed E-state index contributed by atoms with van der Waals surface area (Å²) in [5, 5.41) is 13.4. The molecule has 2 fully saturated rings. The molecule has 6 rings (SSSR count). The van der Waals surface area contributed by atoms with Crippen LogP contribution in [-0.4, -0.2) is 87.7 Å². The molecule has 2 aliphatic heterocycles. The third-order valence-electron chi connectivity index (χ3n) is 8.98. The summed E-state index contributed by atoms with van der Waals surface area (Å²) in [6, 6.07) is 8.22. The summed E-state index contributed by atoms with van der Waals surface area (Å²) in [6.45, 7) is 2.45. The molecule has 0 unspecified atom stereocenters. The average molecular weight is 618 g/mol. The van der Waals surface area contributed by atoms with Crippen molar-refractivity contribution in [2.45, 2.75) is 56.7 Å². The minimum absolute atomic E-state index is 0.0839. The van der Waals surface area contributed by atoms with Crippen LogP contribution < -0.4 is 14.8 Å². The SMILES string of the molecule is COc1ccc2c(O[C@@H]3C[C@H]4C(=O)N[C@]5(C(=O)O)C[C@H]5C=CCCCCN(C)C(=O)N4C3)nc(-c3cccc(F)c3)nc2c1C. The fourth-order valence-electron chi connectivity index (χ4n) is 6.31. The molecule has 3 heterocycles. The summed E-state index contributed by atoms with van der Waals surface area (Å²) < 4.78 is 26.1. The highest BCUT2D eigenvalue weighted by molar-refractivity contribution is 5.95. The van der Waals surface area contributed by atoms with E-state index in [-0.39, 0.29) is 36.6 Å². The standard InChI is InChI=1S/C33H36FN5O6/c1-19-26(44-3)13-12-24-27(19)35-28(20-9-8-11-22(34)15-20)36-30(24)45-23-16-25-29(40)37-33(31(41)42)17-21(33)10-6-4-5-7-14-38(2)32(43)39(25)18-23/h6,8-13,15,21,23,25H,4-5,7,14,16-18H2,1-3H3,(H,37,40)(H,41,42)/t21-,23-,25+,33-/m1/s1. The number of nitrogens with zero attached hydrogens (tertiary/aromatic N) is 4. The number of amides is 3. The number of rotatable bonds is 5. The van der Waals surface area contributed by atoms with Crippen LogP contribution in [0.2, 0.25) is 0 Å². The zero-order valence-corrected chi connectivity index (χ0v) is 25.5. The number of urea groups is 1. The highest BCUT2D eigenvalue weighted by Crippen LogP contribution is 2.45. The van der Waals surface area contributed by atoms with Crippen LogP contribution in [0, 0.1) is 18.7 Å². The van der Waals surface area contributed by atoms with Crippen LogP contribution >= 0.6 is 0 Å². The number of nitrogens with one attached hydrogen (secondary N) is 1. The molecular weight excluding hydrogens is 581 g/mol. The van der Waals surface area contributed by atoms with Crippen LogP contribution in [0.25, 0.3) is 22.3 Å². The number of allylic oxidation sites excluding steroid dienone is 1. The van der Waals surface area contributed by atoms with Crippen molar-refractivity contribution >= 4 is 28.8 Å². The molecule has 1 saturated heterocycles. The molecule has 3 amide bonds. The highest BCUT2D eigenvalue weighted by Gasteiger charge is 2.61. The molecule has 0 radical (unpaired) electrons. The van der Waals surface area contributed by atoms with Gasteiger partial charge in [0.2, 0.25) is 11.8 Å². The fraction of sp³-hybridized carbons (Fsp3) is 0.424. The van der Waals surface area contributed by atoms with Crippen molar-refractivity contribution < 1.29 is 33.4 Å². The number of aromatic nitrogens is 2. The zero-order chi connectivity index (χ0) is 31.9. The molecule has 2 N–H and O–H groups in total. The van der Waals surface area contributed by atoms with Crippen LogP contribution in [0.3, 0.4) is 0 Å². The van der Waals surface area contributed by atoms with E-state index in [1.54, 1.807) is 43.3 Å². The number of benzene rings is 2. The number of carboxylic acid groups (broad SMARTS) is 1. The Hall–Kier alpha value is -4.74. The van der Waals surface area contributed by atoms with Crippen molar-refractivity contribution in [2.75, 3.05) is 27.2 Å². The number of methoxy groups -OCH3 is 1. The lowest BCUT2D eigenvalue weighted by Crippen LogP contribution is -2.54. The maximum absolute atomic E-state index is 14.2. The third kappa shape index (κ3) is 5.76. The van der Waals surface area contributed by atoms with Crippen LogP contribution in [-0.2, 0) is 9.59 Å². The van der Waals surface area contributed by atoms with Gasteiger partial charge in [-0.05, 0) is 56.9 Å². The van der Waals surface area contributed by atoms with Crippen molar-refractivity contribution in [3.63, 3.8) is 0 Å². The number of hydrogen-bond donors (Lipinski definition) is 2. The van der Waals surface area contributed by atoms with Gasteiger partial charge in [0.15, 0.2) is 5.82 Å². The first kappa shape index (κ1) is 30.3. The van der Waals surface area contributed by atoms with Crippen LogP contribution in [0.1, 0.15) is 37.7 Å². The number of fused-ring (bicyclic) bond motifs is 3. The lowest BCUT2D eigenvalue weighted by molar-refractivity contribution is -0.144. The van der Waals surface area contributed by atoms with Crippen LogP contribution in [0.5, 0.6) is 11.6 Å². The summed E-state index contributed by atoms with van der Waals surface area (Å²) in [5.74, 6) is -1.30. The van der Waals surface area contributed by atoms with E-state index in [0.29, 0.717) is 35.2 Å². The summed E-state index contributed by atoms with van der Waals surface area (Å²) >= 11 is 0. The number of carbonyl (C=O) groups is 3. The molecule has 12 heteroatoms. The molecule has 0 spiro atoms. The van der Waals surface area contributed by atoms with Gasteiger partial charge in [0.1, 0.15) is 29.3 Å². The number of carboxylic acids is 1. The second kappa shape index (κ2) is 12.0. The monoisotopic (exact) mass is 617 g/mol. The van der Waals surface area contributed by atoms with Gasteiger partial charge in [-0.2, -0.15) is 4.98 Å². The van der Waals surface area contributed by atoms with Gasteiger partial charge >= 0.3 is 12.0 Å². The van der Waals surface area contributed by atoms with Crippen molar-refractivity contribution in [1.82, 2.24) is 25.1 Å². The van der Waals surface area contributed by atoms with Gasteiger partial charge in [-0.15, -0.1) is 0 Å². The molecule has 4 atom stereocenters. The number of aliphatic carboxylic acids is 1. The Morgan fingerprint density at radius 3 is 2.76 bits per heavy atom. The van der Waals surface area contributed by atoms with Crippen molar-refractivity contribution in [2.24, 2.45) is 5.92 Å². The van der Waals surface area contributed by atoms with Gasteiger partial charge < -0.3 is 29.7 Å². The first-order chi connectivity index (χ1) is 21.6. The van der Waals surface area contributed by atoms with E-state index >= 15 is 0 Å². The normalized spacial score (nSPS) is 25.3. The second-order valence-electron chi connectivity index (χ2n) is 12.0. The van der Waals surface area contributed by atoms with E-state index in [9.17, 15) is 23.9 Å². The Kier molecular flexibility index (Phi) is 8.07. The van der Waals surface area contributed by atoms with Gasteiger partial charge in [-0.1, -0.05) is 24.3 Å². The van der Waals surface area contributed by atoms with E-state index in [0.717, 1.165) is 24.8 Å². The molecule has 11 nitrogen and oxygen atoms in total. The summed E-state index contributed by atoms with van der Waals surface area (Å²) in [6.07, 6.45) is 5.99. The number of halogens is 1. The number of carbonyl (C=O) groups excluding carboxylic acids is 2. The largest absolute Gasteiger partial charge is 0.496 e. The van der Waals surface area contributed by atoms with Crippen molar-refractivity contribution in [1.29, 1.82) is 0 Å². The molecule has 1 aliphatic carbocycles. The van der Waals surface area contributed by atoms with Crippen molar-refractivity contribution in [3.8, 4) is 23.0 Å². The minimum atomic E-state index is -1.39. The molecule has 3 aliphatic rings. The molecule has 1 saturated carbocycles. The Morgan fingerprint density at radius 2 is 2.00 bits per heavy atom. The zero-order valence-electron chi connectivity index (χ0n) is 25.5. The fourth-order valence-corrected chi connectivity index (χ4v) is 6.31. The number of aryl methyl sites for hydroxylation is 1. The van der Waals surface area contributed by atoms with E-state index in [1.807, 2.05) is 19.1 Å². The predicted octanol–water partition coefficient (Wildman–Crippen LogP) is 4.33. The van der Waals surface area contributed by atoms with Gasteiger partial charge in [0.05, 0.1) is 24.6 Å². The first-order valence-corrected chi connectivity index (χ1v) is 15.1. The topological polar surface area (TPSA) is 134 Å². The average Bonchev–Trinajstić information content (AvgIpc) is 3.56. The summed E-state index contributed by atoms with van der Waals surface area (Å²) in [5.41, 5.74) is 0.360. The third-order valence-corrected chi connectivity index (χ3v) is 8.98. The van der Waals surface area contributed by atoms with E-state index < -0.39 is 35.4 Å². The Morgan fingerprint density at radius 1 is 1.18 bits per heavy atom. The van der Waals surface area contributed by atoms with Gasteiger partial charge in [-0.3, -0.25) is 4.79 Å². The lowest BCUT2D eigenvalue weighted by atomic mass is 10.1. The summed E-state index contributed by atoms with van der Waals surface area (Å²) in [4.78, 5) is 52.1. The second-order valence-corrected chi connectivity index (χ2v) is 12.0. The molecule has 2 aromatic carbocycles. The van der Waals surface area contributed by atoms with E-state index in [4.69, 9.17) is 14.5 Å². The maximum atomic E-state index is 14.2. The molecule has 0 bridgehead atoms. The molecular formula is C33H36FN5O6. The van der Waals surface area contributed by atoms with Crippen LogP contribution in [0.15, 0.2) is 48.6 Å². The van der Waals surface area contributed by atoms with Gasteiger partial charge in [-0.25, -0.2) is 19.0 Å². The van der Waals surface area contributed by atoms with Crippen LogP contribution in [0.4, 0.5) is 9.18 Å². The molecule has 236 valence electrons. The minimum Gasteiger partial charge on any atom is -0.496 e. The molecule has 1 aromatic heterocycles. The highest BCUT2D eigenvalue weighted by atomic mass is 19.1. The Bertz CT molecular complexity index is 1700. The maximum Gasteiger partial charge on any atom is 0.330 e. The van der Waals surface area contributed by atoms with Gasteiger partial charge in [0, 0.05) is 37.1 Å². The summed E-state index contributed by atoms with van der Waals surface area (Å²) in [7, 11) is 3.26. The lowest BCUT2D eigenvalue weighted by Gasteiger charge is -2.29.